The minimum absolute atomic E-state index is 0.974. The molecule has 0 nitrogen and oxygen atoms in total. The maximum Gasteiger partial charge on any atom is -0.0383 e. The van der Waals surface area contributed by atoms with Gasteiger partial charge in [-0.25, -0.2) is 0 Å². The van der Waals surface area contributed by atoms with Gasteiger partial charge in [0.05, 0.1) is 0 Å². The molecule has 3 aliphatic rings. The molecule has 0 spiro atoms. The average Bonchev–Trinajstić information content (AvgIpc) is 3.16. The highest BCUT2D eigenvalue weighted by Crippen LogP contribution is 2.47. The summed E-state index contributed by atoms with van der Waals surface area (Å²) in [6, 6.07) is 0. The fourth-order valence-corrected chi connectivity index (χ4v) is 5.53. The molecule has 0 aromatic heterocycles. The molecule has 122 valence electrons. The molecule has 0 bridgehead atoms. The molecule has 3 fully saturated rings. The van der Waals surface area contributed by atoms with E-state index in [0.717, 1.165) is 41.4 Å². The number of hydrogen-bond acceptors (Lipinski definition) is 0. The number of hydrogen-bond donors (Lipinski definition) is 0. The lowest BCUT2D eigenvalue weighted by molar-refractivity contribution is 0.118. The molecule has 4 atom stereocenters. The van der Waals surface area contributed by atoms with Crippen molar-refractivity contribution in [1.82, 2.24) is 0 Å². The fourth-order valence-electron chi connectivity index (χ4n) is 5.53. The molecule has 3 saturated carbocycles. The van der Waals surface area contributed by atoms with Gasteiger partial charge in [-0.3, -0.25) is 0 Å². The predicted molar refractivity (Wildman–Crippen MR) is 92.2 cm³/mol. The Balaban J connectivity index is 1.26. The van der Waals surface area contributed by atoms with Crippen LogP contribution in [-0.4, -0.2) is 0 Å². The molecule has 0 aromatic rings. The maximum absolute atomic E-state index is 2.53. The van der Waals surface area contributed by atoms with Crippen LogP contribution in [0.15, 0.2) is 0 Å². The van der Waals surface area contributed by atoms with E-state index >= 15 is 0 Å². The van der Waals surface area contributed by atoms with Crippen LogP contribution in [0.4, 0.5) is 0 Å². The van der Waals surface area contributed by atoms with Gasteiger partial charge < -0.3 is 0 Å². The van der Waals surface area contributed by atoms with E-state index in [1.165, 1.54) is 38.5 Å². The first kappa shape index (κ1) is 15.9. The van der Waals surface area contributed by atoms with Crippen molar-refractivity contribution in [2.24, 2.45) is 41.4 Å². The zero-order valence-electron chi connectivity index (χ0n) is 14.8. The van der Waals surface area contributed by atoms with E-state index in [-0.39, 0.29) is 0 Å². The van der Waals surface area contributed by atoms with Gasteiger partial charge >= 0.3 is 0 Å². The molecule has 3 aliphatic carbocycles. The summed E-state index contributed by atoms with van der Waals surface area (Å²) in [7, 11) is 0. The van der Waals surface area contributed by atoms with Crippen LogP contribution >= 0.6 is 0 Å². The Morgan fingerprint density at radius 2 is 1.43 bits per heavy atom. The van der Waals surface area contributed by atoms with Crippen molar-refractivity contribution >= 4 is 0 Å². The smallest absolute Gasteiger partial charge is 0.0383 e. The predicted octanol–water partition coefficient (Wildman–Crippen LogP) is 6.69. The van der Waals surface area contributed by atoms with E-state index in [4.69, 9.17) is 0 Å². The van der Waals surface area contributed by atoms with Crippen LogP contribution in [0.3, 0.4) is 0 Å². The standard InChI is InChI=1S/C21H38/c1-4-20-7-8-21(20)11-16(3)9-15(2)10-18-13-19(14-18)12-17-5-6-17/h15-21H,4-14H2,1-3H3. The van der Waals surface area contributed by atoms with Crippen molar-refractivity contribution < 1.29 is 0 Å². The average molecular weight is 291 g/mol. The Labute approximate surface area is 133 Å². The molecule has 0 saturated heterocycles. The molecule has 0 heteroatoms. The van der Waals surface area contributed by atoms with Gasteiger partial charge in [-0.2, -0.15) is 0 Å². The van der Waals surface area contributed by atoms with Crippen LogP contribution in [0.25, 0.3) is 0 Å². The second-order valence-corrected chi connectivity index (χ2v) is 9.31. The van der Waals surface area contributed by atoms with Crippen molar-refractivity contribution in [3.63, 3.8) is 0 Å². The third-order valence-corrected chi connectivity index (χ3v) is 7.04. The lowest BCUT2D eigenvalue weighted by Crippen LogP contribution is -2.28. The van der Waals surface area contributed by atoms with E-state index in [1.54, 1.807) is 32.1 Å². The van der Waals surface area contributed by atoms with E-state index in [2.05, 4.69) is 20.8 Å². The highest BCUT2D eigenvalue weighted by atomic mass is 14.4. The molecule has 3 rings (SSSR count). The summed E-state index contributed by atoms with van der Waals surface area (Å²) < 4.78 is 0. The number of rotatable bonds is 9. The first-order valence-electron chi connectivity index (χ1n) is 10.1. The molecule has 0 aliphatic heterocycles. The van der Waals surface area contributed by atoms with Gasteiger partial charge in [-0.05, 0) is 92.8 Å². The van der Waals surface area contributed by atoms with Crippen molar-refractivity contribution in [2.75, 3.05) is 0 Å². The third kappa shape index (κ3) is 4.49. The van der Waals surface area contributed by atoms with Crippen LogP contribution < -0.4 is 0 Å². The van der Waals surface area contributed by atoms with Crippen LogP contribution in [0.5, 0.6) is 0 Å². The summed E-state index contributed by atoms with van der Waals surface area (Å²) in [6.45, 7) is 7.44. The summed E-state index contributed by atoms with van der Waals surface area (Å²) in [4.78, 5) is 0. The molecule has 0 aromatic carbocycles. The highest BCUT2D eigenvalue weighted by molar-refractivity contribution is 4.86. The van der Waals surface area contributed by atoms with E-state index in [1.807, 2.05) is 0 Å². The van der Waals surface area contributed by atoms with Crippen LogP contribution in [0.1, 0.15) is 91.4 Å². The second kappa shape index (κ2) is 7.05. The molecular weight excluding hydrogens is 252 g/mol. The largest absolute Gasteiger partial charge is 0.0651 e. The summed E-state index contributed by atoms with van der Waals surface area (Å²) in [6.07, 6.45) is 16.9. The van der Waals surface area contributed by atoms with Crippen molar-refractivity contribution in [1.29, 1.82) is 0 Å². The molecule has 0 heterocycles. The van der Waals surface area contributed by atoms with E-state index in [9.17, 15) is 0 Å². The molecule has 4 unspecified atom stereocenters. The third-order valence-electron chi connectivity index (χ3n) is 7.04. The van der Waals surface area contributed by atoms with Gasteiger partial charge in [-0.1, -0.05) is 40.0 Å². The molecular formula is C21H38. The van der Waals surface area contributed by atoms with Gasteiger partial charge in [-0.15, -0.1) is 0 Å². The molecule has 21 heavy (non-hydrogen) atoms. The maximum atomic E-state index is 2.53. The van der Waals surface area contributed by atoms with Gasteiger partial charge in [0.1, 0.15) is 0 Å². The monoisotopic (exact) mass is 290 g/mol. The first-order valence-corrected chi connectivity index (χ1v) is 10.1. The minimum atomic E-state index is 0.974. The van der Waals surface area contributed by atoms with Gasteiger partial charge in [0.15, 0.2) is 0 Å². The molecule has 0 amide bonds. The molecule has 0 radical (unpaired) electrons. The van der Waals surface area contributed by atoms with Crippen molar-refractivity contribution in [3.8, 4) is 0 Å². The van der Waals surface area contributed by atoms with E-state index < -0.39 is 0 Å². The van der Waals surface area contributed by atoms with Crippen LogP contribution in [-0.2, 0) is 0 Å². The zero-order chi connectivity index (χ0) is 14.8. The van der Waals surface area contributed by atoms with Gasteiger partial charge in [0.2, 0.25) is 0 Å². The zero-order valence-corrected chi connectivity index (χ0v) is 14.8. The normalized spacial score (nSPS) is 38.4. The van der Waals surface area contributed by atoms with Crippen LogP contribution in [0.2, 0.25) is 0 Å². The Bertz CT molecular complexity index is 308. The Morgan fingerprint density at radius 3 is 2.00 bits per heavy atom. The molecule has 0 N–H and O–H groups in total. The van der Waals surface area contributed by atoms with Gasteiger partial charge in [0, 0.05) is 0 Å². The van der Waals surface area contributed by atoms with Crippen LogP contribution in [0, 0.1) is 41.4 Å². The van der Waals surface area contributed by atoms with E-state index in [0.29, 0.717) is 0 Å². The summed E-state index contributed by atoms with van der Waals surface area (Å²) >= 11 is 0. The summed E-state index contributed by atoms with van der Waals surface area (Å²) in [5.74, 6) is 7.51. The Hall–Kier alpha value is 0. The second-order valence-electron chi connectivity index (χ2n) is 9.31. The summed E-state index contributed by atoms with van der Waals surface area (Å²) in [5.41, 5.74) is 0. The first-order chi connectivity index (χ1) is 10.1. The van der Waals surface area contributed by atoms with Gasteiger partial charge in [0.25, 0.3) is 0 Å². The minimum Gasteiger partial charge on any atom is -0.0651 e. The lowest BCUT2D eigenvalue weighted by atomic mass is 9.66. The van der Waals surface area contributed by atoms with Crippen molar-refractivity contribution in [3.05, 3.63) is 0 Å². The highest BCUT2D eigenvalue weighted by Gasteiger charge is 2.35. The Kier molecular flexibility index (Phi) is 5.33. The summed E-state index contributed by atoms with van der Waals surface area (Å²) in [5, 5.41) is 0. The Morgan fingerprint density at radius 1 is 0.762 bits per heavy atom. The lowest BCUT2D eigenvalue weighted by Gasteiger charge is -2.39. The SMILES string of the molecule is CCC1CCC1CC(C)CC(C)CC1CC(CC2CC2)C1. The fraction of sp³-hybridized carbons (Fsp3) is 1.00. The topological polar surface area (TPSA) is 0 Å². The van der Waals surface area contributed by atoms with Crippen molar-refractivity contribution in [2.45, 2.75) is 91.4 Å². The quantitative estimate of drug-likeness (QED) is 0.443.